The first-order valence-corrected chi connectivity index (χ1v) is 10.4. The van der Waals surface area contributed by atoms with E-state index in [-0.39, 0.29) is 5.56 Å². The molecule has 6 nitrogen and oxygen atoms in total. The van der Waals surface area contributed by atoms with Crippen LogP contribution in [0.3, 0.4) is 0 Å². The van der Waals surface area contributed by atoms with E-state index in [1.165, 1.54) is 0 Å². The van der Waals surface area contributed by atoms with Gasteiger partial charge in [0.25, 0.3) is 5.56 Å². The number of hydrogen-bond acceptors (Lipinski definition) is 4. The van der Waals surface area contributed by atoms with Crippen molar-refractivity contribution in [3.63, 3.8) is 0 Å². The molecule has 3 heterocycles. The van der Waals surface area contributed by atoms with Gasteiger partial charge in [0, 0.05) is 43.0 Å². The van der Waals surface area contributed by atoms with Crippen LogP contribution in [-0.2, 0) is 20.0 Å². The fourth-order valence-corrected chi connectivity index (χ4v) is 4.24. The minimum Gasteiger partial charge on any atom is -0.321 e. The fourth-order valence-electron chi connectivity index (χ4n) is 3.33. The molecule has 1 aromatic carbocycles. The first kappa shape index (κ1) is 19.1. The highest BCUT2D eigenvalue weighted by Gasteiger charge is 2.16. The Morgan fingerprint density at radius 2 is 1.83 bits per heavy atom. The molecule has 0 N–H and O–H groups in total. The second-order valence-corrected chi connectivity index (χ2v) is 7.74. The van der Waals surface area contributed by atoms with Gasteiger partial charge in [-0.1, -0.05) is 24.3 Å². The number of thiazole rings is 1. The van der Waals surface area contributed by atoms with Gasteiger partial charge in [0.2, 0.25) is 0 Å². The van der Waals surface area contributed by atoms with Crippen LogP contribution in [0.4, 0.5) is 5.69 Å². The zero-order valence-corrected chi connectivity index (χ0v) is 17.6. The van der Waals surface area contributed by atoms with Crippen molar-refractivity contribution in [3.8, 4) is 5.69 Å². The lowest BCUT2D eigenvalue weighted by Crippen LogP contribution is -2.20. The molecule has 0 aliphatic carbocycles. The Kier molecular flexibility index (Phi) is 5.31. The van der Waals surface area contributed by atoms with E-state index in [1.54, 1.807) is 16.0 Å². The molecule has 7 heteroatoms. The normalized spacial score (nSPS) is 11.9. The molecule has 0 saturated carbocycles. The van der Waals surface area contributed by atoms with Gasteiger partial charge in [0.15, 0.2) is 10.5 Å². The van der Waals surface area contributed by atoms with E-state index >= 15 is 0 Å². The summed E-state index contributed by atoms with van der Waals surface area (Å²) in [6.45, 7) is 4.76. The standard InChI is InChI=1S/C22H23N5OS/c1-16-15-29-22(26(16)14-12-18-9-7-8-13-23-18)24-20-17(2)25(3)27(21(20)28)19-10-5-4-6-11-19/h4-11,13,15H,12,14H2,1-3H3. The van der Waals surface area contributed by atoms with Gasteiger partial charge in [-0.15, -0.1) is 11.3 Å². The van der Waals surface area contributed by atoms with E-state index in [0.717, 1.165) is 40.5 Å². The maximum Gasteiger partial charge on any atom is 0.297 e. The lowest BCUT2D eigenvalue weighted by atomic mass is 10.2. The third-order valence-corrected chi connectivity index (χ3v) is 6.02. The van der Waals surface area contributed by atoms with Gasteiger partial charge in [0.1, 0.15) is 0 Å². The molecule has 0 bridgehead atoms. The maximum atomic E-state index is 13.1. The molecule has 0 atom stereocenters. The van der Waals surface area contributed by atoms with Crippen LogP contribution in [0, 0.1) is 13.8 Å². The van der Waals surface area contributed by atoms with E-state index in [1.807, 2.05) is 73.4 Å². The molecule has 0 fully saturated rings. The Hall–Kier alpha value is -3.19. The number of para-hydroxylation sites is 1. The van der Waals surface area contributed by atoms with Crippen molar-refractivity contribution >= 4 is 17.0 Å². The Morgan fingerprint density at radius 3 is 2.55 bits per heavy atom. The molecule has 0 spiro atoms. The average molecular weight is 406 g/mol. The molecule has 0 saturated heterocycles. The molecule has 0 unspecified atom stereocenters. The lowest BCUT2D eigenvalue weighted by molar-refractivity contribution is 0.630. The van der Waals surface area contributed by atoms with Crippen molar-refractivity contribution in [2.24, 2.45) is 12.0 Å². The second-order valence-electron chi connectivity index (χ2n) is 6.90. The lowest BCUT2D eigenvalue weighted by Gasteiger charge is -2.07. The molecular weight excluding hydrogens is 382 g/mol. The number of aryl methyl sites for hydroxylation is 2. The maximum absolute atomic E-state index is 13.1. The van der Waals surface area contributed by atoms with Crippen molar-refractivity contribution in [1.29, 1.82) is 0 Å². The van der Waals surface area contributed by atoms with Gasteiger partial charge < -0.3 is 4.57 Å². The van der Waals surface area contributed by atoms with E-state index in [0.29, 0.717) is 5.69 Å². The number of benzene rings is 1. The van der Waals surface area contributed by atoms with E-state index in [2.05, 4.69) is 21.9 Å². The number of nitrogens with zero attached hydrogens (tertiary/aromatic N) is 5. The Balaban J connectivity index is 1.75. The van der Waals surface area contributed by atoms with Gasteiger partial charge in [-0.05, 0) is 38.1 Å². The van der Waals surface area contributed by atoms with Gasteiger partial charge in [0.05, 0.1) is 11.4 Å². The Bertz CT molecular complexity index is 1250. The van der Waals surface area contributed by atoms with E-state index < -0.39 is 0 Å². The molecule has 0 radical (unpaired) electrons. The van der Waals surface area contributed by atoms with E-state index in [9.17, 15) is 4.79 Å². The van der Waals surface area contributed by atoms with Gasteiger partial charge in [-0.25, -0.2) is 9.67 Å². The monoisotopic (exact) mass is 405 g/mol. The minimum atomic E-state index is -0.112. The molecule has 0 amide bonds. The minimum absolute atomic E-state index is 0.112. The summed E-state index contributed by atoms with van der Waals surface area (Å²) < 4.78 is 5.67. The predicted octanol–water partition coefficient (Wildman–Crippen LogP) is 3.53. The van der Waals surface area contributed by atoms with Crippen molar-refractivity contribution in [1.82, 2.24) is 18.9 Å². The summed E-state index contributed by atoms with van der Waals surface area (Å²) in [5, 5.41) is 2.07. The number of aromatic nitrogens is 4. The van der Waals surface area contributed by atoms with Crippen LogP contribution in [0.1, 0.15) is 17.1 Å². The van der Waals surface area contributed by atoms with Crippen molar-refractivity contribution in [2.75, 3.05) is 0 Å². The summed E-state index contributed by atoms with van der Waals surface area (Å²) in [5.74, 6) is 0. The highest BCUT2D eigenvalue weighted by atomic mass is 32.1. The van der Waals surface area contributed by atoms with Crippen LogP contribution in [-0.4, -0.2) is 18.9 Å². The molecule has 148 valence electrons. The molecule has 0 aliphatic rings. The number of hydrogen-bond donors (Lipinski definition) is 0. The molecule has 4 aromatic rings. The molecule has 0 aliphatic heterocycles. The number of pyridine rings is 1. The zero-order chi connectivity index (χ0) is 20.4. The Morgan fingerprint density at radius 1 is 1.07 bits per heavy atom. The average Bonchev–Trinajstić information content (AvgIpc) is 3.20. The van der Waals surface area contributed by atoms with Crippen LogP contribution >= 0.6 is 11.3 Å². The quantitative estimate of drug-likeness (QED) is 0.510. The predicted molar refractivity (Wildman–Crippen MR) is 116 cm³/mol. The molecular formula is C22H23N5OS. The first-order chi connectivity index (χ1) is 14.1. The van der Waals surface area contributed by atoms with Gasteiger partial charge in [-0.2, -0.15) is 0 Å². The van der Waals surface area contributed by atoms with Crippen molar-refractivity contribution < 1.29 is 0 Å². The summed E-state index contributed by atoms with van der Waals surface area (Å²) in [5.41, 5.74) is 4.19. The first-order valence-electron chi connectivity index (χ1n) is 9.50. The van der Waals surface area contributed by atoms with Gasteiger partial charge >= 0.3 is 0 Å². The molecule has 4 rings (SSSR count). The molecule has 3 aromatic heterocycles. The van der Waals surface area contributed by atoms with Crippen molar-refractivity contribution in [3.05, 3.63) is 92.3 Å². The fraction of sp³-hybridized carbons (Fsp3) is 0.227. The van der Waals surface area contributed by atoms with Crippen molar-refractivity contribution in [2.45, 2.75) is 26.8 Å². The zero-order valence-electron chi connectivity index (χ0n) is 16.7. The third kappa shape index (κ3) is 3.73. The third-order valence-electron chi connectivity index (χ3n) is 5.04. The highest BCUT2D eigenvalue weighted by Crippen LogP contribution is 2.16. The Labute approximate surface area is 173 Å². The topological polar surface area (TPSA) is 57.1 Å². The smallest absolute Gasteiger partial charge is 0.297 e. The molecule has 29 heavy (non-hydrogen) atoms. The SMILES string of the molecule is Cc1csc(=Nc2c(C)n(C)n(-c3ccccc3)c2=O)n1CCc1ccccn1. The summed E-state index contributed by atoms with van der Waals surface area (Å²) >= 11 is 1.55. The van der Waals surface area contributed by atoms with Crippen LogP contribution in [0.2, 0.25) is 0 Å². The van der Waals surface area contributed by atoms with Crippen LogP contribution in [0.5, 0.6) is 0 Å². The highest BCUT2D eigenvalue weighted by molar-refractivity contribution is 7.07. The summed E-state index contributed by atoms with van der Waals surface area (Å²) in [4.78, 5) is 23.2. The van der Waals surface area contributed by atoms with Crippen LogP contribution < -0.4 is 10.4 Å². The van der Waals surface area contributed by atoms with Crippen LogP contribution in [0.15, 0.2) is 69.9 Å². The van der Waals surface area contributed by atoms with Crippen LogP contribution in [0.25, 0.3) is 5.69 Å². The van der Waals surface area contributed by atoms with Gasteiger partial charge in [-0.3, -0.25) is 14.5 Å². The second kappa shape index (κ2) is 8.05. The summed E-state index contributed by atoms with van der Waals surface area (Å²) in [6.07, 6.45) is 2.62. The number of rotatable bonds is 5. The largest absolute Gasteiger partial charge is 0.321 e. The summed E-state index contributed by atoms with van der Waals surface area (Å²) in [6, 6.07) is 15.6. The van der Waals surface area contributed by atoms with E-state index in [4.69, 9.17) is 4.99 Å². The summed E-state index contributed by atoms with van der Waals surface area (Å²) in [7, 11) is 1.89.